The van der Waals surface area contributed by atoms with E-state index in [1.165, 1.54) is 17.5 Å². The summed E-state index contributed by atoms with van der Waals surface area (Å²) < 4.78 is 5.11. The molecule has 0 N–H and O–H groups in total. The summed E-state index contributed by atoms with van der Waals surface area (Å²) in [5.41, 5.74) is -0.268. The van der Waals surface area contributed by atoms with E-state index in [9.17, 15) is 14.9 Å². The van der Waals surface area contributed by atoms with Crippen LogP contribution in [0.2, 0.25) is 0 Å². The van der Waals surface area contributed by atoms with Crippen molar-refractivity contribution in [1.29, 1.82) is 0 Å². The highest BCUT2D eigenvalue weighted by atomic mass is 32.1. The normalized spacial score (nSPS) is 15.9. The number of ether oxygens (including phenoxy) is 1. The Bertz CT molecular complexity index is 751. The minimum absolute atomic E-state index is 0.154. The third-order valence-corrected chi connectivity index (χ3v) is 4.48. The highest BCUT2D eigenvalue weighted by Gasteiger charge is 2.57. The molecule has 1 fully saturated rings. The van der Waals surface area contributed by atoms with Crippen LogP contribution in [0.25, 0.3) is 10.3 Å². The summed E-state index contributed by atoms with van der Waals surface area (Å²) >= 11 is 1.36. The molecule has 0 bridgehead atoms. The summed E-state index contributed by atoms with van der Waals surface area (Å²) in [6.45, 7) is 3.78. The number of hydrogen-bond donors (Lipinski definition) is 0. The first-order chi connectivity index (χ1) is 9.99. The van der Waals surface area contributed by atoms with Crippen molar-refractivity contribution >= 4 is 33.3 Å². The van der Waals surface area contributed by atoms with E-state index in [1.54, 1.807) is 6.92 Å². The maximum Gasteiger partial charge on any atom is 0.316 e. The minimum atomic E-state index is -0.930. The van der Waals surface area contributed by atoms with Crippen molar-refractivity contribution in [1.82, 2.24) is 9.97 Å². The molecule has 21 heavy (non-hydrogen) atoms. The lowest BCUT2D eigenvalue weighted by molar-refractivity contribution is -0.386. The number of rotatable bonds is 4. The highest BCUT2D eigenvalue weighted by Crippen LogP contribution is 2.54. The van der Waals surface area contributed by atoms with Gasteiger partial charge < -0.3 is 4.74 Å². The smallest absolute Gasteiger partial charge is 0.316 e. The van der Waals surface area contributed by atoms with Gasteiger partial charge in [0.1, 0.15) is 22.0 Å². The molecule has 0 saturated heterocycles. The van der Waals surface area contributed by atoms with Gasteiger partial charge in [-0.25, -0.2) is 9.97 Å². The van der Waals surface area contributed by atoms with Crippen LogP contribution in [0.3, 0.4) is 0 Å². The van der Waals surface area contributed by atoms with E-state index in [0.717, 1.165) is 5.01 Å². The molecule has 0 amide bonds. The molecular formula is C13H13N3O4S. The third kappa shape index (κ3) is 2.06. The molecule has 2 heterocycles. The number of nitro groups is 1. The van der Waals surface area contributed by atoms with Gasteiger partial charge in [-0.1, -0.05) is 11.3 Å². The molecular weight excluding hydrogens is 294 g/mol. The van der Waals surface area contributed by atoms with Crippen LogP contribution in [-0.2, 0) is 14.9 Å². The summed E-state index contributed by atoms with van der Waals surface area (Å²) in [5, 5.41) is 12.1. The van der Waals surface area contributed by atoms with Gasteiger partial charge in [0.05, 0.1) is 22.1 Å². The molecule has 7 nitrogen and oxygen atoms in total. The maximum atomic E-state index is 12.3. The molecule has 8 heteroatoms. The van der Waals surface area contributed by atoms with Crippen molar-refractivity contribution in [3.8, 4) is 0 Å². The van der Waals surface area contributed by atoms with Gasteiger partial charge in [-0.3, -0.25) is 14.9 Å². The van der Waals surface area contributed by atoms with Gasteiger partial charge in [-0.05, 0) is 26.7 Å². The lowest BCUT2D eigenvalue weighted by atomic mass is 9.94. The van der Waals surface area contributed by atoms with E-state index < -0.39 is 16.3 Å². The molecule has 0 atom stereocenters. The van der Waals surface area contributed by atoms with Crippen LogP contribution >= 0.6 is 11.3 Å². The monoisotopic (exact) mass is 307 g/mol. The quantitative estimate of drug-likeness (QED) is 0.489. The van der Waals surface area contributed by atoms with Crippen LogP contribution in [0.15, 0.2) is 6.20 Å². The summed E-state index contributed by atoms with van der Waals surface area (Å²) in [6, 6.07) is 0. The Morgan fingerprint density at radius 1 is 1.57 bits per heavy atom. The van der Waals surface area contributed by atoms with Crippen LogP contribution in [0, 0.1) is 17.0 Å². The average molecular weight is 307 g/mol. The van der Waals surface area contributed by atoms with Gasteiger partial charge in [0, 0.05) is 0 Å². The predicted octanol–water partition coefficient (Wildman–Crippen LogP) is 2.50. The number of hydrogen-bond acceptors (Lipinski definition) is 7. The zero-order valence-electron chi connectivity index (χ0n) is 11.6. The number of nitrogens with zero attached hydrogens (tertiary/aromatic N) is 3. The topological polar surface area (TPSA) is 95.2 Å². The van der Waals surface area contributed by atoms with Gasteiger partial charge in [-0.2, -0.15) is 0 Å². The Morgan fingerprint density at radius 3 is 2.86 bits per heavy atom. The lowest BCUT2D eigenvalue weighted by Crippen LogP contribution is -2.24. The van der Waals surface area contributed by atoms with Crippen LogP contribution in [0.1, 0.15) is 30.3 Å². The summed E-state index contributed by atoms with van der Waals surface area (Å²) in [5.74, 6) is -0.411. The van der Waals surface area contributed by atoms with Crippen LogP contribution in [0.5, 0.6) is 0 Å². The molecule has 0 radical (unpaired) electrons. The van der Waals surface area contributed by atoms with Gasteiger partial charge in [0.25, 0.3) is 5.69 Å². The SMILES string of the molecule is CCOC(=O)C1(c2c([N+](=O)[O-])cnc3sc(C)nc23)CC1. The number of carbonyl (C=O) groups excluding carboxylic acids is 1. The number of pyridine rings is 1. The van der Waals surface area contributed by atoms with Gasteiger partial charge in [-0.15, -0.1) is 0 Å². The molecule has 110 valence electrons. The Labute approximate surface area is 124 Å². The zero-order chi connectivity index (χ0) is 15.2. The van der Waals surface area contributed by atoms with Crippen LogP contribution in [0.4, 0.5) is 5.69 Å². The van der Waals surface area contributed by atoms with Crippen molar-refractivity contribution in [2.24, 2.45) is 0 Å². The van der Waals surface area contributed by atoms with Crippen molar-refractivity contribution in [3.05, 3.63) is 26.9 Å². The molecule has 1 aliphatic rings. The number of fused-ring (bicyclic) bond motifs is 1. The number of carbonyl (C=O) groups is 1. The molecule has 0 aromatic carbocycles. The van der Waals surface area contributed by atoms with E-state index >= 15 is 0 Å². The molecule has 3 rings (SSSR count). The van der Waals surface area contributed by atoms with Crippen molar-refractivity contribution in [2.75, 3.05) is 6.61 Å². The largest absolute Gasteiger partial charge is 0.465 e. The van der Waals surface area contributed by atoms with Gasteiger partial charge in [0.2, 0.25) is 0 Å². The average Bonchev–Trinajstić information content (AvgIpc) is 3.13. The Kier molecular flexibility index (Phi) is 3.12. The standard InChI is InChI=1S/C13H13N3O4S/c1-3-20-12(17)13(4-5-13)9-8(16(18)19)6-14-11-10(9)15-7(2)21-11/h6H,3-5H2,1-2H3. The van der Waals surface area contributed by atoms with Gasteiger partial charge >= 0.3 is 5.97 Å². The fraction of sp³-hybridized carbons (Fsp3) is 0.462. The van der Waals surface area contributed by atoms with Crippen LogP contribution < -0.4 is 0 Å². The number of aromatic nitrogens is 2. The first-order valence-corrected chi connectivity index (χ1v) is 7.39. The molecule has 2 aromatic rings. The molecule has 0 spiro atoms. The Hall–Kier alpha value is -2.09. The summed E-state index contributed by atoms with van der Waals surface area (Å²) in [6.07, 6.45) is 2.30. The molecule has 1 aliphatic carbocycles. The molecule has 1 saturated carbocycles. The first kappa shape index (κ1) is 13.9. The summed E-state index contributed by atoms with van der Waals surface area (Å²) in [7, 11) is 0. The zero-order valence-corrected chi connectivity index (χ0v) is 12.4. The van der Waals surface area contributed by atoms with E-state index in [-0.39, 0.29) is 12.3 Å². The second-order valence-corrected chi connectivity index (χ2v) is 6.15. The van der Waals surface area contributed by atoms with Crippen molar-refractivity contribution in [3.63, 3.8) is 0 Å². The molecule has 2 aromatic heterocycles. The number of aryl methyl sites for hydroxylation is 1. The molecule has 0 unspecified atom stereocenters. The predicted molar refractivity (Wildman–Crippen MR) is 76.4 cm³/mol. The minimum Gasteiger partial charge on any atom is -0.465 e. The van der Waals surface area contributed by atoms with E-state index in [0.29, 0.717) is 28.8 Å². The highest BCUT2D eigenvalue weighted by molar-refractivity contribution is 7.18. The van der Waals surface area contributed by atoms with E-state index in [1.807, 2.05) is 6.92 Å². The summed E-state index contributed by atoms with van der Waals surface area (Å²) in [4.78, 5) is 32.1. The third-order valence-electron chi connectivity index (χ3n) is 3.60. The lowest BCUT2D eigenvalue weighted by Gasteiger charge is -2.14. The molecule has 0 aliphatic heterocycles. The number of esters is 1. The first-order valence-electron chi connectivity index (χ1n) is 6.58. The Balaban J connectivity index is 2.26. The Morgan fingerprint density at radius 2 is 2.29 bits per heavy atom. The number of thiazole rings is 1. The second-order valence-electron chi connectivity index (χ2n) is 4.96. The van der Waals surface area contributed by atoms with Gasteiger partial charge in [0.15, 0.2) is 0 Å². The fourth-order valence-corrected chi connectivity index (χ4v) is 3.30. The van der Waals surface area contributed by atoms with Crippen molar-refractivity contribution in [2.45, 2.75) is 32.1 Å². The maximum absolute atomic E-state index is 12.3. The van der Waals surface area contributed by atoms with Crippen molar-refractivity contribution < 1.29 is 14.5 Å². The van der Waals surface area contributed by atoms with E-state index in [2.05, 4.69) is 9.97 Å². The second kappa shape index (κ2) is 4.73. The van der Waals surface area contributed by atoms with Crippen LogP contribution in [-0.4, -0.2) is 27.5 Å². The van der Waals surface area contributed by atoms with E-state index in [4.69, 9.17) is 4.74 Å². The fourth-order valence-electron chi connectivity index (χ4n) is 2.53.